The van der Waals surface area contributed by atoms with Gasteiger partial charge in [-0.3, -0.25) is 9.59 Å². The van der Waals surface area contributed by atoms with E-state index in [1.807, 2.05) is 24.3 Å². The third-order valence-corrected chi connectivity index (χ3v) is 9.64. The van der Waals surface area contributed by atoms with Gasteiger partial charge in [-0.25, -0.2) is 27.0 Å². The fourth-order valence-electron chi connectivity index (χ4n) is 3.71. The van der Waals surface area contributed by atoms with Gasteiger partial charge in [0, 0.05) is 25.1 Å². The number of nitrogens with two attached hydrogens (primary N) is 1. The summed E-state index contributed by atoms with van der Waals surface area (Å²) in [7, 11) is -7.74. The fourth-order valence-corrected chi connectivity index (χ4v) is 7.24. The molecule has 1 atom stereocenters. The second kappa shape index (κ2) is 12.2. The number of nitrogens with zero attached hydrogens (tertiary/aromatic N) is 1. The fraction of sp³-hybridized carbons (Fsp3) is 0.375. The lowest BCUT2D eigenvalue weighted by Crippen LogP contribution is -2.38. The molecule has 1 unspecified atom stereocenters. The Bertz CT molecular complexity index is 1480. The first-order chi connectivity index (χ1) is 17.4. The Morgan fingerprint density at radius 2 is 1.73 bits per heavy atom. The molecule has 1 heterocycles. The monoisotopic (exact) mass is 567 g/mol. The van der Waals surface area contributed by atoms with Crippen LogP contribution in [0.5, 0.6) is 0 Å². The van der Waals surface area contributed by atoms with Crippen LogP contribution in [0.4, 0.5) is 0 Å². The molecule has 0 saturated heterocycles. The lowest BCUT2D eigenvalue weighted by atomic mass is 10.0. The maximum absolute atomic E-state index is 13.0. The topological polar surface area (TPSA) is 174 Å². The zero-order chi connectivity index (χ0) is 27.2. The Kier molecular flexibility index (Phi) is 9.53. The van der Waals surface area contributed by atoms with E-state index < -0.39 is 36.8 Å². The molecule has 10 nitrogen and oxygen atoms in total. The van der Waals surface area contributed by atoms with Crippen LogP contribution in [-0.4, -0.2) is 63.3 Å². The summed E-state index contributed by atoms with van der Waals surface area (Å²) in [6.45, 7) is 1.32. The van der Waals surface area contributed by atoms with Gasteiger partial charge in [0.25, 0.3) is 0 Å². The van der Waals surface area contributed by atoms with Gasteiger partial charge in [-0.1, -0.05) is 37.3 Å². The highest BCUT2D eigenvalue weighted by Gasteiger charge is 2.36. The van der Waals surface area contributed by atoms with Gasteiger partial charge in [0.15, 0.2) is 20.9 Å². The number of sulfone groups is 1. The number of rotatable bonds is 13. The van der Waals surface area contributed by atoms with Crippen molar-refractivity contribution in [2.24, 2.45) is 5.14 Å². The number of benzene rings is 2. The number of amides is 1. The summed E-state index contributed by atoms with van der Waals surface area (Å²) >= 11 is 1.08. The summed E-state index contributed by atoms with van der Waals surface area (Å²) in [5, 5.41) is 14.8. The molecule has 3 aromatic rings. The number of aromatic nitrogens is 1. The van der Waals surface area contributed by atoms with Gasteiger partial charge >= 0.3 is 0 Å². The molecule has 0 aliphatic heterocycles. The normalized spacial score (nSPS) is 12.9. The van der Waals surface area contributed by atoms with Gasteiger partial charge in [-0.15, -0.1) is 11.3 Å². The minimum atomic E-state index is -3.91. The average Bonchev–Trinajstić information content (AvgIpc) is 3.24. The van der Waals surface area contributed by atoms with Crippen molar-refractivity contribution in [2.45, 2.75) is 31.4 Å². The molecule has 0 spiro atoms. The molecule has 0 fully saturated rings. The third kappa shape index (κ3) is 7.65. The third-order valence-electron chi connectivity index (χ3n) is 5.50. The van der Waals surface area contributed by atoms with Crippen LogP contribution in [0.1, 0.15) is 46.8 Å². The van der Waals surface area contributed by atoms with Crippen molar-refractivity contribution in [1.29, 1.82) is 0 Å². The van der Waals surface area contributed by atoms with Crippen LogP contribution in [0, 0.1) is 0 Å². The van der Waals surface area contributed by atoms with Crippen molar-refractivity contribution in [3.05, 3.63) is 53.0 Å². The lowest BCUT2D eigenvalue weighted by Gasteiger charge is -2.15. The molecule has 0 bridgehead atoms. The Morgan fingerprint density at radius 3 is 2.35 bits per heavy atom. The maximum Gasteiger partial charge on any atom is 0.245 e. The highest BCUT2D eigenvalue weighted by atomic mass is 32.2. The first-order valence-corrected chi connectivity index (χ1v) is 15.8. The van der Waals surface area contributed by atoms with Crippen molar-refractivity contribution in [3.8, 4) is 11.1 Å². The number of ketones is 1. The van der Waals surface area contributed by atoms with Crippen molar-refractivity contribution >= 4 is 53.1 Å². The molecule has 0 aliphatic carbocycles. The van der Waals surface area contributed by atoms with Crippen molar-refractivity contribution in [3.63, 3.8) is 0 Å². The molecule has 0 saturated carbocycles. The van der Waals surface area contributed by atoms with Crippen LogP contribution in [0.15, 0.2) is 42.5 Å². The number of carbonyl (C=O) groups is 2. The minimum absolute atomic E-state index is 0.0431. The molecule has 2 aromatic carbocycles. The number of nitrogens with one attached hydrogen (secondary N) is 1. The Hall–Kier alpha value is -2.71. The van der Waals surface area contributed by atoms with E-state index in [0.717, 1.165) is 22.5 Å². The van der Waals surface area contributed by atoms with Gasteiger partial charge < -0.3 is 10.4 Å². The van der Waals surface area contributed by atoms with Gasteiger partial charge in [0.1, 0.15) is 5.01 Å². The zero-order valence-corrected chi connectivity index (χ0v) is 22.7. The molecular formula is C24H29N3O7S3. The van der Waals surface area contributed by atoms with E-state index >= 15 is 0 Å². The molecule has 3 rings (SSSR count). The van der Waals surface area contributed by atoms with E-state index in [4.69, 9.17) is 10.2 Å². The van der Waals surface area contributed by atoms with Gasteiger partial charge in [-0.2, -0.15) is 0 Å². The summed E-state index contributed by atoms with van der Waals surface area (Å²) in [5.41, 5.74) is 2.73. The van der Waals surface area contributed by atoms with Gasteiger partial charge in [-0.05, 0) is 36.1 Å². The molecule has 1 amide bonds. The molecule has 0 aliphatic rings. The molecule has 1 aromatic heterocycles. The smallest absolute Gasteiger partial charge is 0.245 e. The summed E-state index contributed by atoms with van der Waals surface area (Å²) < 4.78 is 49.0. The number of sulfonamides is 1. The van der Waals surface area contributed by atoms with Crippen LogP contribution in [-0.2, 0) is 24.7 Å². The number of fused-ring (bicyclic) bond motifs is 1. The molecule has 37 heavy (non-hydrogen) atoms. The van der Waals surface area contributed by atoms with E-state index in [1.165, 1.54) is 0 Å². The molecule has 200 valence electrons. The number of Topliss-reactive ketones (excluding diaryl/α,β-unsaturated/α-hetero) is 1. The second-order valence-corrected chi connectivity index (χ2v) is 13.5. The van der Waals surface area contributed by atoms with E-state index in [0.29, 0.717) is 28.6 Å². The maximum atomic E-state index is 13.0. The van der Waals surface area contributed by atoms with E-state index in [1.54, 1.807) is 25.1 Å². The lowest BCUT2D eigenvalue weighted by molar-refractivity contribution is -0.120. The summed E-state index contributed by atoms with van der Waals surface area (Å²) in [6, 6.07) is 12.4. The van der Waals surface area contributed by atoms with Crippen LogP contribution in [0.2, 0.25) is 0 Å². The number of aliphatic hydroxyl groups excluding tert-OH is 1. The van der Waals surface area contributed by atoms with Crippen molar-refractivity contribution in [2.75, 3.05) is 24.7 Å². The first-order valence-electron chi connectivity index (χ1n) is 11.6. The predicted molar refractivity (Wildman–Crippen MR) is 144 cm³/mol. The van der Waals surface area contributed by atoms with Crippen LogP contribution in [0.25, 0.3) is 21.3 Å². The SMILES string of the molecule is CCCS(=O)(=O)C(C(=O)NCCS(N)(=O)=O)c1nc2ccc(-c3ccc(C(=O)CCCO)cc3)cc2s1. The largest absolute Gasteiger partial charge is 0.396 e. The van der Waals surface area contributed by atoms with E-state index in [9.17, 15) is 26.4 Å². The molecule has 0 radical (unpaired) electrons. The number of aliphatic hydroxyl groups is 1. The highest BCUT2D eigenvalue weighted by Crippen LogP contribution is 2.34. The van der Waals surface area contributed by atoms with Crippen LogP contribution < -0.4 is 10.5 Å². The van der Waals surface area contributed by atoms with Crippen LogP contribution >= 0.6 is 11.3 Å². The predicted octanol–water partition coefficient (Wildman–Crippen LogP) is 2.19. The number of carbonyl (C=O) groups excluding carboxylic acids is 2. The van der Waals surface area contributed by atoms with Crippen LogP contribution in [0.3, 0.4) is 0 Å². The summed E-state index contributed by atoms with van der Waals surface area (Å²) in [5.74, 6) is -1.65. The number of primary sulfonamides is 1. The number of hydrogen-bond acceptors (Lipinski definition) is 9. The standard InChI is InChI=1S/C24H29N3O7S3/c1-2-13-36(31,32)22(23(30)26-11-14-37(25,33)34)24-27-19-10-9-18(15-21(19)35-24)16-5-7-17(8-6-16)20(29)4-3-12-28/h5-10,15,22,28H,2-4,11-14H2,1H3,(H,26,30)(H2,25,33,34). The summed E-state index contributed by atoms with van der Waals surface area (Å²) in [6.07, 6.45) is 0.976. The number of thiazole rings is 1. The van der Waals surface area contributed by atoms with Crippen molar-refractivity contribution < 1.29 is 31.5 Å². The number of hydrogen-bond donors (Lipinski definition) is 3. The molecule has 13 heteroatoms. The van der Waals surface area contributed by atoms with E-state index in [-0.39, 0.29) is 36.1 Å². The molecular weight excluding hydrogens is 538 g/mol. The quantitative estimate of drug-likeness (QED) is 0.264. The minimum Gasteiger partial charge on any atom is -0.396 e. The zero-order valence-electron chi connectivity index (χ0n) is 20.2. The van der Waals surface area contributed by atoms with E-state index in [2.05, 4.69) is 10.3 Å². The highest BCUT2D eigenvalue weighted by molar-refractivity contribution is 7.92. The van der Waals surface area contributed by atoms with Crippen molar-refractivity contribution in [1.82, 2.24) is 10.3 Å². The Morgan fingerprint density at radius 1 is 1.05 bits per heavy atom. The van der Waals surface area contributed by atoms with Gasteiger partial charge in [0.2, 0.25) is 15.9 Å². The summed E-state index contributed by atoms with van der Waals surface area (Å²) in [4.78, 5) is 29.4. The van der Waals surface area contributed by atoms with Gasteiger partial charge in [0.05, 0.1) is 21.7 Å². The average molecular weight is 568 g/mol. The Labute approximate surface area is 219 Å². The first kappa shape index (κ1) is 28.9. The Balaban J connectivity index is 1.90. The second-order valence-electron chi connectivity index (χ2n) is 8.47. The molecule has 4 N–H and O–H groups in total.